The molecule has 1 fully saturated rings. The Morgan fingerprint density at radius 1 is 1.43 bits per heavy atom. The van der Waals surface area contributed by atoms with Crippen molar-refractivity contribution in [3.8, 4) is 0 Å². The van der Waals surface area contributed by atoms with Crippen molar-refractivity contribution in [2.24, 2.45) is 5.92 Å². The zero-order valence-electron chi connectivity index (χ0n) is 9.03. The summed E-state index contributed by atoms with van der Waals surface area (Å²) in [5, 5.41) is 8.76. The summed E-state index contributed by atoms with van der Waals surface area (Å²) < 4.78 is 5.74. The molecular formula is C11H20O3. The molecule has 3 nitrogen and oxygen atoms in total. The van der Waals surface area contributed by atoms with E-state index in [1.54, 1.807) is 0 Å². The standard InChI is InChI=1S/C11H20O3/c1-8(2)14-10-6-4-3-5-9(10)7-11(12)13/h8-10H,3-7H2,1-2H3,(H,12,13). The van der Waals surface area contributed by atoms with Crippen LogP contribution in [0.1, 0.15) is 46.0 Å². The van der Waals surface area contributed by atoms with Gasteiger partial charge in [0.1, 0.15) is 0 Å². The lowest BCUT2D eigenvalue weighted by Gasteiger charge is -2.31. The molecule has 1 rings (SSSR count). The Morgan fingerprint density at radius 2 is 2.07 bits per heavy atom. The highest BCUT2D eigenvalue weighted by Crippen LogP contribution is 2.30. The van der Waals surface area contributed by atoms with Gasteiger partial charge in [0.2, 0.25) is 0 Å². The van der Waals surface area contributed by atoms with Crippen LogP contribution in [0.4, 0.5) is 0 Å². The van der Waals surface area contributed by atoms with Crippen LogP contribution in [0, 0.1) is 5.92 Å². The fraction of sp³-hybridized carbons (Fsp3) is 0.909. The number of ether oxygens (including phenoxy) is 1. The molecule has 82 valence electrons. The van der Waals surface area contributed by atoms with Crippen molar-refractivity contribution in [3.63, 3.8) is 0 Å². The third kappa shape index (κ3) is 3.66. The molecule has 0 aromatic heterocycles. The van der Waals surface area contributed by atoms with Crippen molar-refractivity contribution in [3.05, 3.63) is 0 Å². The minimum atomic E-state index is -0.700. The Kier molecular flexibility index (Phi) is 4.39. The van der Waals surface area contributed by atoms with Crippen molar-refractivity contribution < 1.29 is 14.6 Å². The molecule has 1 N–H and O–H groups in total. The van der Waals surface area contributed by atoms with Gasteiger partial charge in [0, 0.05) is 0 Å². The van der Waals surface area contributed by atoms with Crippen LogP contribution in [0.2, 0.25) is 0 Å². The first-order chi connectivity index (χ1) is 6.59. The van der Waals surface area contributed by atoms with Gasteiger partial charge in [0.15, 0.2) is 0 Å². The number of carboxylic acid groups (broad SMARTS) is 1. The third-order valence-corrected chi connectivity index (χ3v) is 2.72. The first kappa shape index (κ1) is 11.5. The SMILES string of the molecule is CC(C)OC1CCCCC1CC(=O)O. The Morgan fingerprint density at radius 3 is 2.64 bits per heavy atom. The molecule has 14 heavy (non-hydrogen) atoms. The van der Waals surface area contributed by atoms with Gasteiger partial charge in [-0.05, 0) is 32.6 Å². The number of carboxylic acids is 1. The van der Waals surface area contributed by atoms with Crippen LogP contribution < -0.4 is 0 Å². The van der Waals surface area contributed by atoms with Crippen molar-refractivity contribution in [2.45, 2.75) is 58.2 Å². The van der Waals surface area contributed by atoms with E-state index in [1.807, 2.05) is 13.8 Å². The van der Waals surface area contributed by atoms with Gasteiger partial charge in [-0.15, -0.1) is 0 Å². The van der Waals surface area contributed by atoms with Crippen molar-refractivity contribution in [1.29, 1.82) is 0 Å². The van der Waals surface area contributed by atoms with E-state index in [1.165, 1.54) is 6.42 Å². The summed E-state index contributed by atoms with van der Waals surface area (Å²) in [4.78, 5) is 10.6. The second-order valence-corrected chi connectivity index (χ2v) is 4.37. The molecule has 0 aromatic carbocycles. The highest BCUT2D eigenvalue weighted by Gasteiger charge is 2.28. The fourth-order valence-corrected chi connectivity index (χ4v) is 2.16. The Hall–Kier alpha value is -0.570. The van der Waals surface area contributed by atoms with Crippen LogP contribution in [0.3, 0.4) is 0 Å². The van der Waals surface area contributed by atoms with E-state index in [4.69, 9.17) is 9.84 Å². The van der Waals surface area contributed by atoms with Gasteiger partial charge in [-0.2, -0.15) is 0 Å². The maximum atomic E-state index is 10.6. The topological polar surface area (TPSA) is 46.5 Å². The number of hydrogen-bond acceptors (Lipinski definition) is 2. The quantitative estimate of drug-likeness (QED) is 0.758. The monoisotopic (exact) mass is 200 g/mol. The number of aliphatic carboxylic acids is 1. The summed E-state index contributed by atoms with van der Waals surface area (Å²) in [5.74, 6) is -0.474. The van der Waals surface area contributed by atoms with Crippen LogP contribution in [0.5, 0.6) is 0 Å². The van der Waals surface area contributed by atoms with Crippen molar-refractivity contribution in [1.82, 2.24) is 0 Å². The molecule has 2 atom stereocenters. The van der Waals surface area contributed by atoms with E-state index in [2.05, 4.69) is 0 Å². The Labute approximate surface area is 85.5 Å². The van der Waals surface area contributed by atoms with Crippen LogP contribution in [0.25, 0.3) is 0 Å². The van der Waals surface area contributed by atoms with Crippen molar-refractivity contribution in [2.75, 3.05) is 0 Å². The molecule has 0 aliphatic heterocycles. The Bertz CT molecular complexity index is 189. The summed E-state index contributed by atoms with van der Waals surface area (Å²) >= 11 is 0. The average molecular weight is 200 g/mol. The minimum Gasteiger partial charge on any atom is -0.481 e. The summed E-state index contributed by atoms with van der Waals surface area (Å²) in [6, 6.07) is 0. The summed E-state index contributed by atoms with van der Waals surface area (Å²) in [7, 11) is 0. The summed E-state index contributed by atoms with van der Waals surface area (Å²) in [6.07, 6.45) is 4.98. The molecule has 1 saturated carbocycles. The molecule has 0 heterocycles. The molecule has 0 spiro atoms. The van der Waals surface area contributed by atoms with E-state index >= 15 is 0 Å². The second-order valence-electron chi connectivity index (χ2n) is 4.37. The van der Waals surface area contributed by atoms with E-state index in [0.29, 0.717) is 0 Å². The zero-order chi connectivity index (χ0) is 10.6. The minimum absolute atomic E-state index is 0.167. The van der Waals surface area contributed by atoms with Crippen LogP contribution in [-0.2, 0) is 9.53 Å². The molecule has 0 bridgehead atoms. The molecule has 0 radical (unpaired) electrons. The van der Waals surface area contributed by atoms with E-state index < -0.39 is 5.97 Å². The Balaban J connectivity index is 2.45. The van der Waals surface area contributed by atoms with E-state index in [-0.39, 0.29) is 24.5 Å². The van der Waals surface area contributed by atoms with Crippen LogP contribution in [-0.4, -0.2) is 23.3 Å². The molecule has 1 aliphatic rings. The predicted octanol–water partition coefficient (Wildman–Crippen LogP) is 2.44. The van der Waals surface area contributed by atoms with Crippen molar-refractivity contribution >= 4 is 5.97 Å². The molecule has 0 amide bonds. The van der Waals surface area contributed by atoms with Gasteiger partial charge in [-0.1, -0.05) is 12.8 Å². The number of hydrogen-bond donors (Lipinski definition) is 1. The lowest BCUT2D eigenvalue weighted by Crippen LogP contribution is -2.31. The fourth-order valence-electron chi connectivity index (χ4n) is 2.16. The number of rotatable bonds is 4. The normalized spacial score (nSPS) is 27.9. The summed E-state index contributed by atoms with van der Waals surface area (Å²) in [5.41, 5.74) is 0. The summed E-state index contributed by atoms with van der Waals surface area (Å²) in [6.45, 7) is 4.01. The van der Waals surface area contributed by atoms with E-state index in [0.717, 1.165) is 19.3 Å². The predicted molar refractivity (Wildman–Crippen MR) is 54.2 cm³/mol. The molecule has 0 saturated heterocycles. The second kappa shape index (κ2) is 5.35. The van der Waals surface area contributed by atoms with Gasteiger partial charge < -0.3 is 9.84 Å². The molecular weight excluding hydrogens is 180 g/mol. The average Bonchev–Trinajstić information content (AvgIpc) is 2.06. The lowest BCUT2D eigenvalue weighted by molar-refractivity contribution is -0.141. The molecule has 2 unspecified atom stereocenters. The smallest absolute Gasteiger partial charge is 0.303 e. The molecule has 3 heteroatoms. The number of carbonyl (C=O) groups is 1. The van der Waals surface area contributed by atoms with Crippen LogP contribution in [0.15, 0.2) is 0 Å². The van der Waals surface area contributed by atoms with E-state index in [9.17, 15) is 4.79 Å². The largest absolute Gasteiger partial charge is 0.481 e. The lowest BCUT2D eigenvalue weighted by atomic mass is 9.84. The van der Waals surface area contributed by atoms with Gasteiger partial charge in [-0.25, -0.2) is 0 Å². The van der Waals surface area contributed by atoms with Crippen LogP contribution >= 0.6 is 0 Å². The maximum absolute atomic E-state index is 10.6. The third-order valence-electron chi connectivity index (χ3n) is 2.72. The first-order valence-electron chi connectivity index (χ1n) is 5.47. The van der Waals surface area contributed by atoms with Gasteiger partial charge >= 0.3 is 5.97 Å². The van der Waals surface area contributed by atoms with Gasteiger partial charge in [-0.3, -0.25) is 4.79 Å². The van der Waals surface area contributed by atoms with Gasteiger partial charge in [0.05, 0.1) is 18.6 Å². The van der Waals surface area contributed by atoms with Gasteiger partial charge in [0.25, 0.3) is 0 Å². The highest BCUT2D eigenvalue weighted by atomic mass is 16.5. The maximum Gasteiger partial charge on any atom is 0.303 e. The first-order valence-corrected chi connectivity index (χ1v) is 5.47. The molecule has 0 aromatic rings. The molecule has 1 aliphatic carbocycles. The highest BCUT2D eigenvalue weighted by molar-refractivity contribution is 5.67. The zero-order valence-corrected chi connectivity index (χ0v) is 9.03.